The maximum atomic E-state index is 9.16. The Kier molecular flexibility index (Phi) is 2.23. The van der Waals surface area contributed by atoms with Crippen LogP contribution in [0.4, 0.5) is 4.79 Å². The van der Waals surface area contributed by atoms with Gasteiger partial charge >= 0.3 is 36.6 Å². The van der Waals surface area contributed by atoms with E-state index in [2.05, 4.69) is 0 Å². The molecule has 4 heteroatoms. The third-order valence-electron chi connectivity index (χ3n) is 0.0873. The average Bonchev–Trinajstić information content (AvgIpc) is 1.38. The molecule has 0 aromatic carbocycles. The van der Waals surface area contributed by atoms with Gasteiger partial charge in [0.1, 0.15) is 0 Å². The van der Waals surface area contributed by atoms with Crippen LogP contribution in [0, 0.1) is 0 Å². The molecule has 0 radical (unpaired) electrons. The molecule has 5 heavy (non-hydrogen) atoms. The molecule has 0 aliphatic heterocycles. The molecule has 0 aromatic rings. The van der Waals surface area contributed by atoms with Crippen molar-refractivity contribution >= 4 is 4.27 Å². The van der Waals surface area contributed by atoms with Crippen LogP contribution in [0.1, 0.15) is 0 Å². The Morgan fingerprint density at radius 3 is 2.00 bits per heavy atom. The standard InChI is InChI=1S/CHO2.O.Ti/c2-1-3;;/h(H,2,3);;. The van der Waals surface area contributed by atoms with E-state index in [0.717, 1.165) is 0 Å². The fraction of sp³-hybridized carbons (Fsp3) is 0. The minimum absolute atomic E-state index is 1.18. The zero-order valence-corrected chi connectivity index (χ0v) is 3.83. The normalized spacial score (nSPS) is 5.60. The molecular formula is CHO3Ti. The van der Waals surface area contributed by atoms with Crippen molar-refractivity contribution in [2.45, 2.75) is 0 Å². The van der Waals surface area contributed by atoms with Crippen LogP contribution >= 0.6 is 0 Å². The first kappa shape index (κ1) is 4.98. The summed E-state index contributed by atoms with van der Waals surface area (Å²) in [7, 11) is 0. The van der Waals surface area contributed by atoms with Gasteiger partial charge in [0.05, 0.1) is 0 Å². The molecule has 0 rings (SSSR count). The van der Waals surface area contributed by atoms with E-state index in [0.29, 0.717) is 0 Å². The molecule has 0 aromatic heterocycles. The summed E-state index contributed by atoms with van der Waals surface area (Å²) in [6, 6.07) is 0. The molecule has 0 unspecified atom stereocenters. The maximum absolute atomic E-state index is 9.16. The van der Waals surface area contributed by atoms with Crippen LogP contribution in [0.15, 0.2) is 0 Å². The average molecular weight is 109 g/mol. The van der Waals surface area contributed by atoms with E-state index < -0.39 is 23.4 Å². The topological polar surface area (TPSA) is 54.4 Å². The molecule has 0 spiro atoms. The van der Waals surface area contributed by atoms with Crippen LogP contribution in [0.2, 0.25) is 0 Å². The van der Waals surface area contributed by atoms with Crippen molar-refractivity contribution in [1.82, 2.24) is 0 Å². The Labute approximate surface area is 37.2 Å². The summed E-state index contributed by atoms with van der Waals surface area (Å²) in [6.07, 6.45) is 0. The van der Waals surface area contributed by atoms with Gasteiger partial charge in [0.2, 0.25) is 0 Å². The third kappa shape index (κ3) is 3.98. The van der Waals surface area contributed by atoms with E-state index in [1.165, 1.54) is 0 Å². The summed E-state index contributed by atoms with van der Waals surface area (Å²) in [5.74, 6) is 0. The van der Waals surface area contributed by atoms with Crippen LogP contribution in [-0.2, 0) is 22.4 Å². The number of rotatable bonds is 1. The molecule has 0 amide bonds. The van der Waals surface area contributed by atoms with Crippen molar-refractivity contribution in [3.8, 4) is 0 Å². The first-order chi connectivity index (χ1) is 2.27. The molecule has 0 heterocycles. The summed E-state index contributed by atoms with van der Waals surface area (Å²) in [4.78, 5) is 9.11. The van der Waals surface area contributed by atoms with Gasteiger partial charge in [0, 0.05) is 0 Å². The van der Waals surface area contributed by atoms with E-state index in [1.807, 2.05) is 0 Å². The fourth-order valence-corrected chi connectivity index (χ4v) is 0. The molecule has 3 nitrogen and oxygen atoms in total. The van der Waals surface area contributed by atoms with E-state index in [-0.39, 0.29) is 0 Å². The van der Waals surface area contributed by atoms with Gasteiger partial charge in [0.15, 0.2) is 0 Å². The predicted molar refractivity (Wildman–Crippen MR) is 8.71 cm³/mol. The van der Waals surface area contributed by atoms with E-state index in [9.17, 15) is 0 Å². The summed E-state index contributed by atoms with van der Waals surface area (Å²) in [5, 5.41) is 7.47. The number of carbonyl (C=O) groups is 1. The van der Waals surface area contributed by atoms with Crippen molar-refractivity contribution in [2.75, 3.05) is 0 Å². The van der Waals surface area contributed by atoms with Crippen LogP contribution in [0.3, 0.4) is 0 Å². The van der Waals surface area contributed by atoms with Crippen molar-refractivity contribution < 1.29 is 32.3 Å². The number of hydrogen-bond donors (Lipinski definition) is 1. The van der Waals surface area contributed by atoms with Gasteiger partial charge in [-0.25, -0.2) is 0 Å². The van der Waals surface area contributed by atoms with Gasteiger partial charge in [-0.15, -0.1) is 0 Å². The van der Waals surface area contributed by atoms with Gasteiger partial charge in [-0.1, -0.05) is 0 Å². The second-order valence-electron chi connectivity index (χ2n) is 0.407. The van der Waals surface area contributed by atoms with Crippen molar-refractivity contribution in [3.05, 3.63) is 0 Å². The molecule has 0 saturated heterocycles. The van der Waals surface area contributed by atoms with Gasteiger partial charge in [-0.2, -0.15) is 0 Å². The molecule has 27 valence electrons. The Balaban J connectivity index is 3.20. The van der Waals surface area contributed by atoms with E-state index in [4.69, 9.17) is 13.2 Å². The molecule has 0 fully saturated rings. The fourth-order valence-electron chi connectivity index (χ4n) is 0. The van der Waals surface area contributed by atoms with Gasteiger partial charge in [0.25, 0.3) is 0 Å². The molecule has 1 N–H and O–H groups in total. The molecule has 0 aliphatic rings. The summed E-state index contributed by atoms with van der Waals surface area (Å²) in [5.41, 5.74) is 0. The van der Waals surface area contributed by atoms with Crippen LogP contribution < -0.4 is 0 Å². The first-order valence-electron chi connectivity index (χ1n) is 0.882. The van der Waals surface area contributed by atoms with Gasteiger partial charge in [-0.3, -0.25) is 0 Å². The zero-order chi connectivity index (χ0) is 4.28. The van der Waals surface area contributed by atoms with Gasteiger partial charge < -0.3 is 0 Å². The Morgan fingerprint density at radius 1 is 1.80 bits per heavy atom. The zero-order valence-electron chi connectivity index (χ0n) is 2.26. The molecular weight excluding hydrogens is 108 g/mol. The van der Waals surface area contributed by atoms with E-state index in [1.54, 1.807) is 0 Å². The third-order valence-corrected chi connectivity index (χ3v) is 0.360. The van der Waals surface area contributed by atoms with Crippen molar-refractivity contribution in [1.29, 1.82) is 0 Å². The van der Waals surface area contributed by atoms with Crippen molar-refractivity contribution in [3.63, 3.8) is 0 Å². The Bertz CT molecular complexity index is 57.9. The number of hydrogen-bond acceptors (Lipinski definition) is 2. The number of carboxylic acid groups (broad SMARTS) is 1. The second kappa shape index (κ2) is 2.24. The summed E-state index contributed by atoms with van der Waals surface area (Å²) < 4.78 is 7.98. The minimum atomic E-state index is -1.89. The van der Waals surface area contributed by atoms with Crippen LogP contribution in [-0.4, -0.2) is 9.38 Å². The molecule has 0 atom stereocenters. The van der Waals surface area contributed by atoms with Gasteiger partial charge in [-0.05, 0) is 0 Å². The Hall–Kier alpha value is -0.0157. The monoisotopic (exact) mass is 109 g/mol. The summed E-state index contributed by atoms with van der Waals surface area (Å²) >= 11 is -1.89. The first-order valence-corrected chi connectivity index (χ1v) is 2.30. The molecule has 0 saturated carbocycles. The van der Waals surface area contributed by atoms with Crippen LogP contribution in [0.5, 0.6) is 0 Å². The predicted octanol–water partition coefficient (Wildman–Crippen LogP) is 0.0924. The second-order valence-corrected chi connectivity index (χ2v) is 1.39. The Morgan fingerprint density at radius 2 is 2.00 bits per heavy atom. The van der Waals surface area contributed by atoms with E-state index >= 15 is 0 Å². The molecule has 0 bridgehead atoms. The van der Waals surface area contributed by atoms with Crippen molar-refractivity contribution in [2.24, 2.45) is 0 Å². The SMILES string of the molecule is [O]=[Ti][C](=O)O. The summed E-state index contributed by atoms with van der Waals surface area (Å²) in [6.45, 7) is 0. The quantitative estimate of drug-likeness (QED) is 0.485. The molecule has 0 aliphatic carbocycles. The van der Waals surface area contributed by atoms with Crippen LogP contribution in [0.25, 0.3) is 0 Å².